The lowest BCUT2D eigenvalue weighted by molar-refractivity contribution is 0.100. The Morgan fingerprint density at radius 1 is 0.938 bits per heavy atom. The van der Waals surface area contributed by atoms with Gasteiger partial charge < -0.3 is 10.7 Å². The van der Waals surface area contributed by atoms with Crippen LogP contribution in [-0.2, 0) is 0 Å². The summed E-state index contributed by atoms with van der Waals surface area (Å²) >= 11 is 0. The summed E-state index contributed by atoms with van der Waals surface area (Å²) < 4.78 is 16.1. The molecule has 5 aromatic rings. The maximum atomic E-state index is 15.1. The van der Waals surface area contributed by atoms with Crippen molar-refractivity contribution >= 4 is 27.6 Å². The second kappa shape index (κ2) is 7.28. The van der Waals surface area contributed by atoms with E-state index in [-0.39, 0.29) is 27.6 Å². The van der Waals surface area contributed by atoms with Gasteiger partial charge in [0.15, 0.2) is 0 Å². The number of amides is 1. The van der Waals surface area contributed by atoms with Gasteiger partial charge in [0.25, 0.3) is 5.56 Å². The summed E-state index contributed by atoms with van der Waals surface area (Å²) in [6.07, 6.45) is 3.04. The maximum Gasteiger partial charge on any atom is 0.333 e. The molecule has 3 aromatic carbocycles. The van der Waals surface area contributed by atoms with Crippen molar-refractivity contribution in [2.75, 3.05) is 0 Å². The summed E-state index contributed by atoms with van der Waals surface area (Å²) in [6.45, 7) is 0. The van der Waals surface area contributed by atoms with Crippen LogP contribution in [0.15, 0.2) is 82.6 Å². The smallest absolute Gasteiger partial charge is 0.333 e. The number of primary amides is 1. The molecule has 0 aliphatic carbocycles. The summed E-state index contributed by atoms with van der Waals surface area (Å²) in [5.74, 6) is -1.44. The molecular formula is C24H15FN4O3. The van der Waals surface area contributed by atoms with Crippen molar-refractivity contribution in [2.24, 2.45) is 5.73 Å². The Bertz CT molecular complexity index is 1670. The number of halogens is 1. The van der Waals surface area contributed by atoms with Gasteiger partial charge in [-0.25, -0.2) is 13.8 Å². The van der Waals surface area contributed by atoms with E-state index in [2.05, 4.69) is 9.97 Å². The number of aromatic amines is 1. The zero-order valence-corrected chi connectivity index (χ0v) is 16.5. The number of aromatic nitrogens is 3. The molecule has 0 spiro atoms. The molecule has 0 fully saturated rings. The molecule has 0 saturated carbocycles. The van der Waals surface area contributed by atoms with Crippen LogP contribution < -0.4 is 17.0 Å². The molecule has 32 heavy (non-hydrogen) atoms. The molecule has 0 atom stereocenters. The number of nitrogens with two attached hydrogens (primary N) is 1. The van der Waals surface area contributed by atoms with Crippen molar-refractivity contribution in [1.82, 2.24) is 14.5 Å². The predicted molar refractivity (Wildman–Crippen MR) is 119 cm³/mol. The topological polar surface area (TPSA) is 111 Å². The maximum absolute atomic E-state index is 15.1. The van der Waals surface area contributed by atoms with Crippen LogP contribution in [-0.4, -0.2) is 20.4 Å². The number of hydrogen-bond acceptors (Lipinski definition) is 4. The third kappa shape index (κ3) is 2.97. The first-order chi connectivity index (χ1) is 15.5. The summed E-state index contributed by atoms with van der Waals surface area (Å²) in [4.78, 5) is 44.7. The fourth-order valence-corrected chi connectivity index (χ4v) is 3.87. The summed E-state index contributed by atoms with van der Waals surface area (Å²) in [5, 5.41) is 1.39. The molecule has 0 radical (unpaired) electrons. The average Bonchev–Trinajstić information content (AvgIpc) is 2.79. The van der Waals surface area contributed by atoms with Crippen LogP contribution >= 0.6 is 0 Å². The number of hydrogen-bond donors (Lipinski definition) is 2. The number of nitrogens with zero attached hydrogens (tertiary/aromatic N) is 2. The van der Waals surface area contributed by atoms with Crippen molar-refractivity contribution < 1.29 is 9.18 Å². The molecule has 7 nitrogen and oxygen atoms in total. The van der Waals surface area contributed by atoms with Crippen LogP contribution in [0.5, 0.6) is 0 Å². The number of benzene rings is 3. The fraction of sp³-hybridized carbons (Fsp3) is 0. The van der Waals surface area contributed by atoms with E-state index in [1.807, 2.05) is 12.1 Å². The number of rotatable bonds is 3. The first-order valence-electron chi connectivity index (χ1n) is 9.66. The summed E-state index contributed by atoms with van der Waals surface area (Å²) in [7, 11) is 0. The second-order valence-electron chi connectivity index (χ2n) is 7.24. The largest absolute Gasteiger partial charge is 0.366 e. The number of carbonyl (C=O) groups excluding carboxylic acids is 1. The zero-order valence-electron chi connectivity index (χ0n) is 16.5. The van der Waals surface area contributed by atoms with E-state index in [9.17, 15) is 14.4 Å². The third-order valence-corrected chi connectivity index (χ3v) is 5.36. The monoisotopic (exact) mass is 426 g/mol. The fourth-order valence-electron chi connectivity index (χ4n) is 3.87. The van der Waals surface area contributed by atoms with Crippen LogP contribution in [0, 0.1) is 5.82 Å². The Morgan fingerprint density at radius 2 is 1.69 bits per heavy atom. The highest BCUT2D eigenvalue weighted by atomic mass is 19.1. The van der Waals surface area contributed by atoms with E-state index >= 15 is 4.39 Å². The molecule has 0 aliphatic rings. The van der Waals surface area contributed by atoms with Crippen molar-refractivity contribution in [2.45, 2.75) is 0 Å². The molecule has 1 amide bonds. The van der Waals surface area contributed by atoms with Gasteiger partial charge in [-0.05, 0) is 23.8 Å². The lowest BCUT2D eigenvalue weighted by atomic mass is 9.97. The lowest BCUT2D eigenvalue weighted by Crippen LogP contribution is -2.34. The highest BCUT2D eigenvalue weighted by molar-refractivity contribution is 6.00. The van der Waals surface area contributed by atoms with E-state index in [1.54, 1.807) is 36.5 Å². The van der Waals surface area contributed by atoms with E-state index in [1.165, 1.54) is 18.3 Å². The Labute approximate surface area is 179 Å². The van der Waals surface area contributed by atoms with Crippen LogP contribution in [0.2, 0.25) is 0 Å². The first-order valence-corrected chi connectivity index (χ1v) is 9.66. The molecule has 5 rings (SSSR count). The van der Waals surface area contributed by atoms with Gasteiger partial charge in [0, 0.05) is 28.1 Å². The molecule has 8 heteroatoms. The highest BCUT2D eigenvalue weighted by Crippen LogP contribution is 2.29. The SMILES string of the molecule is NC(=O)c1ccccc1-c1cc2[nH]c(=O)n(-c3cncc4ccccc34)c(=O)c2cc1F. The van der Waals surface area contributed by atoms with Gasteiger partial charge in [-0.1, -0.05) is 42.5 Å². The normalized spacial score (nSPS) is 11.2. The molecule has 0 saturated heterocycles. The molecule has 0 unspecified atom stereocenters. The minimum absolute atomic E-state index is 0.0182. The Morgan fingerprint density at radius 3 is 2.50 bits per heavy atom. The van der Waals surface area contributed by atoms with Gasteiger partial charge in [-0.2, -0.15) is 0 Å². The number of nitrogens with one attached hydrogen (secondary N) is 1. The Balaban J connectivity index is 1.80. The van der Waals surface area contributed by atoms with Gasteiger partial charge in [0.2, 0.25) is 5.91 Å². The first kappa shape index (κ1) is 19.4. The minimum atomic E-state index is -0.724. The predicted octanol–water partition coefficient (Wildman–Crippen LogP) is 3.13. The van der Waals surface area contributed by atoms with E-state index in [0.717, 1.165) is 16.0 Å². The van der Waals surface area contributed by atoms with E-state index in [0.29, 0.717) is 11.1 Å². The molecule has 0 aliphatic heterocycles. The van der Waals surface area contributed by atoms with Crippen molar-refractivity contribution in [1.29, 1.82) is 0 Å². The quantitative estimate of drug-likeness (QED) is 0.462. The zero-order chi connectivity index (χ0) is 22.4. The van der Waals surface area contributed by atoms with Crippen LogP contribution in [0.3, 0.4) is 0 Å². The summed E-state index contributed by atoms with van der Waals surface area (Å²) in [5.41, 5.74) is 4.91. The van der Waals surface area contributed by atoms with Gasteiger partial charge in [-0.3, -0.25) is 14.6 Å². The average molecular weight is 426 g/mol. The molecule has 2 heterocycles. The van der Waals surface area contributed by atoms with E-state index < -0.39 is 23.0 Å². The second-order valence-corrected chi connectivity index (χ2v) is 7.24. The van der Waals surface area contributed by atoms with Crippen molar-refractivity contribution in [3.05, 3.63) is 105 Å². The highest BCUT2D eigenvalue weighted by Gasteiger charge is 2.18. The molecule has 3 N–H and O–H groups in total. The number of fused-ring (bicyclic) bond motifs is 2. The standard InChI is InChI=1S/C24H15FN4O3/c25-19-9-18-20(10-17(19)15-7-3-4-8-16(15)22(26)30)28-24(32)29(23(18)31)21-12-27-11-13-5-1-2-6-14(13)21/h1-12H,(H2,26,30)(H,28,32). The van der Waals surface area contributed by atoms with Crippen molar-refractivity contribution in [3.8, 4) is 16.8 Å². The van der Waals surface area contributed by atoms with Gasteiger partial charge in [0.1, 0.15) is 5.82 Å². The van der Waals surface area contributed by atoms with Gasteiger partial charge in [0.05, 0.1) is 22.8 Å². The lowest BCUT2D eigenvalue weighted by Gasteiger charge is -2.12. The molecular weight excluding hydrogens is 411 g/mol. The molecule has 156 valence electrons. The number of carbonyl (C=O) groups is 1. The van der Waals surface area contributed by atoms with Crippen LogP contribution in [0.4, 0.5) is 4.39 Å². The minimum Gasteiger partial charge on any atom is -0.366 e. The number of H-pyrrole nitrogens is 1. The Hall–Kier alpha value is -4.59. The van der Waals surface area contributed by atoms with Gasteiger partial charge >= 0.3 is 5.69 Å². The van der Waals surface area contributed by atoms with Crippen LogP contribution in [0.25, 0.3) is 38.5 Å². The van der Waals surface area contributed by atoms with Crippen LogP contribution in [0.1, 0.15) is 10.4 Å². The number of pyridine rings is 1. The van der Waals surface area contributed by atoms with Gasteiger partial charge in [-0.15, -0.1) is 0 Å². The summed E-state index contributed by atoms with van der Waals surface area (Å²) in [6, 6.07) is 15.9. The molecule has 0 bridgehead atoms. The molecule has 2 aromatic heterocycles. The third-order valence-electron chi connectivity index (χ3n) is 5.36. The van der Waals surface area contributed by atoms with E-state index in [4.69, 9.17) is 5.73 Å². The van der Waals surface area contributed by atoms with Crippen molar-refractivity contribution in [3.63, 3.8) is 0 Å². The Kier molecular flexibility index (Phi) is 4.41.